The molecule has 0 aromatic rings. The van der Waals surface area contributed by atoms with Gasteiger partial charge < -0.3 is 5.11 Å². The Labute approximate surface area is 92.6 Å². The molecule has 0 aromatic carbocycles. The molecule has 0 radical (unpaired) electrons. The lowest BCUT2D eigenvalue weighted by Gasteiger charge is -2.30. The molecule has 2 bridgehead atoms. The number of aliphatic hydroxyl groups excluding tert-OH is 1. The fraction of sp³-hybridized carbons (Fsp3) is 0.857. The first-order valence-electron chi connectivity index (χ1n) is 6.74. The monoisotopic (exact) mass is 206 g/mol. The summed E-state index contributed by atoms with van der Waals surface area (Å²) in [6.07, 6.45) is 13.0. The summed E-state index contributed by atoms with van der Waals surface area (Å²) < 4.78 is 0. The molecule has 0 aliphatic heterocycles. The highest BCUT2D eigenvalue weighted by atomic mass is 16.3. The minimum absolute atomic E-state index is 0.0828. The van der Waals surface area contributed by atoms with Crippen LogP contribution in [-0.2, 0) is 0 Å². The zero-order valence-electron chi connectivity index (χ0n) is 9.49. The van der Waals surface area contributed by atoms with Crippen LogP contribution in [0.2, 0.25) is 0 Å². The number of hydrogen-bond acceptors (Lipinski definition) is 1. The van der Waals surface area contributed by atoms with E-state index in [9.17, 15) is 5.11 Å². The molecular weight excluding hydrogens is 184 g/mol. The van der Waals surface area contributed by atoms with Crippen LogP contribution < -0.4 is 0 Å². The van der Waals surface area contributed by atoms with Gasteiger partial charge in [0.05, 0.1) is 6.10 Å². The van der Waals surface area contributed by atoms with Gasteiger partial charge in [0, 0.05) is 0 Å². The first-order valence-corrected chi connectivity index (χ1v) is 6.74. The van der Waals surface area contributed by atoms with Gasteiger partial charge >= 0.3 is 0 Å². The van der Waals surface area contributed by atoms with E-state index in [2.05, 4.69) is 6.08 Å². The minimum Gasteiger partial charge on any atom is -0.388 e. The van der Waals surface area contributed by atoms with Gasteiger partial charge in [-0.2, -0.15) is 0 Å². The van der Waals surface area contributed by atoms with Crippen molar-refractivity contribution in [3.8, 4) is 0 Å². The second-order valence-corrected chi connectivity index (χ2v) is 5.78. The van der Waals surface area contributed by atoms with Gasteiger partial charge in [0.1, 0.15) is 0 Å². The third kappa shape index (κ3) is 1.75. The summed E-state index contributed by atoms with van der Waals surface area (Å²) in [7, 11) is 0. The van der Waals surface area contributed by atoms with Gasteiger partial charge in [-0.3, -0.25) is 0 Å². The molecular formula is C14H22O. The molecule has 2 saturated carbocycles. The molecule has 1 heteroatoms. The van der Waals surface area contributed by atoms with Gasteiger partial charge in [-0.25, -0.2) is 0 Å². The summed E-state index contributed by atoms with van der Waals surface area (Å²) in [4.78, 5) is 0. The molecule has 1 N–H and O–H groups in total. The predicted molar refractivity (Wildman–Crippen MR) is 61.5 cm³/mol. The van der Waals surface area contributed by atoms with Crippen LogP contribution in [0.1, 0.15) is 51.4 Å². The van der Waals surface area contributed by atoms with E-state index in [4.69, 9.17) is 0 Å². The maximum atomic E-state index is 10.4. The van der Waals surface area contributed by atoms with E-state index in [1.54, 1.807) is 0 Å². The molecule has 0 amide bonds. The highest BCUT2D eigenvalue weighted by Gasteiger charge is 2.38. The summed E-state index contributed by atoms with van der Waals surface area (Å²) in [5, 5.41) is 10.4. The Balaban J connectivity index is 1.68. The van der Waals surface area contributed by atoms with Crippen LogP contribution in [0.5, 0.6) is 0 Å². The van der Waals surface area contributed by atoms with Crippen molar-refractivity contribution in [2.24, 2.45) is 17.8 Å². The Kier molecular flexibility index (Phi) is 2.59. The zero-order valence-corrected chi connectivity index (χ0v) is 9.49. The summed E-state index contributed by atoms with van der Waals surface area (Å²) in [5.74, 6) is 2.17. The first kappa shape index (κ1) is 9.89. The van der Waals surface area contributed by atoms with Crippen LogP contribution in [0.3, 0.4) is 0 Å². The molecule has 1 nitrogen and oxygen atoms in total. The van der Waals surface area contributed by atoms with E-state index in [1.807, 2.05) is 0 Å². The van der Waals surface area contributed by atoms with Crippen molar-refractivity contribution in [1.29, 1.82) is 0 Å². The number of fused-ring (bicyclic) bond motifs is 2. The van der Waals surface area contributed by atoms with E-state index in [0.29, 0.717) is 5.92 Å². The summed E-state index contributed by atoms with van der Waals surface area (Å²) >= 11 is 0. The van der Waals surface area contributed by atoms with Crippen molar-refractivity contribution in [2.75, 3.05) is 0 Å². The van der Waals surface area contributed by atoms with Crippen molar-refractivity contribution >= 4 is 0 Å². The Morgan fingerprint density at radius 3 is 2.47 bits per heavy atom. The van der Waals surface area contributed by atoms with Crippen molar-refractivity contribution in [1.82, 2.24) is 0 Å². The molecule has 2 fully saturated rings. The van der Waals surface area contributed by atoms with Crippen LogP contribution in [0.15, 0.2) is 11.6 Å². The average Bonchev–Trinajstić information content (AvgIpc) is 2.91. The van der Waals surface area contributed by atoms with Crippen LogP contribution in [0, 0.1) is 17.8 Å². The standard InChI is InChI=1S/C14H22O/c15-14(11-4-2-1-3-5-11)13-9-10-6-7-12(13)8-10/h9-12,14-15H,1-8H2. The number of aliphatic hydroxyl groups is 1. The SMILES string of the molecule is OC(C1=CC2CCC1C2)C1CCCCC1. The molecule has 0 aromatic heterocycles. The van der Waals surface area contributed by atoms with E-state index < -0.39 is 0 Å². The zero-order chi connectivity index (χ0) is 10.3. The normalized spacial score (nSPS) is 38.1. The van der Waals surface area contributed by atoms with Crippen LogP contribution in [-0.4, -0.2) is 11.2 Å². The van der Waals surface area contributed by atoms with Gasteiger partial charge in [-0.1, -0.05) is 25.3 Å². The van der Waals surface area contributed by atoms with Gasteiger partial charge in [0.25, 0.3) is 0 Å². The molecule has 3 rings (SSSR count). The highest BCUT2D eigenvalue weighted by Crippen LogP contribution is 2.47. The van der Waals surface area contributed by atoms with Crippen molar-refractivity contribution in [2.45, 2.75) is 57.5 Å². The fourth-order valence-corrected chi connectivity index (χ4v) is 3.94. The molecule has 3 aliphatic rings. The van der Waals surface area contributed by atoms with E-state index in [0.717, 1.165) is 11.8 Å². The number of hydrogen-bond donors (Lipinski definition) is 1. The van der Waals surface area contributed by atoms with E-state index in [1.165, 1.54) is 56.9 Å². The van der Waals surface area contributed by atoms with E-state index >= 15 is 0 Å². The lowest BCUT2D eigenvalue weighted by atomic mass is 9.79. The van der Waals surface area contributed by atoms with Crippen LogP contribution >= 0.6 is 0 Å². The van der Waals surface area contributed by atoms with Gasteiger partial charge in [0.15, 0.2) is 0 Å². The minimum atomic E-state index is -0.0828. The van der Waals surface area contributed by atoms with Crippen LogP contribution in [0.4, 0.5) is 0 Å². The molecule has 0 spiro atoms. The number of rotatable bonds is 2. The number of allylic oxidation sites excluding steroid dienone is 1. The Bertz CT molecular complexity index is 263. The second-order valence-electron chi connectivity index (χ2n) is 5.78. The third-order valence-corrected chi connectivity index (χ3v) is 4.81. The molecule has 0 saturated heterocycles. The maximum absolute atomic E-state index is 10.4. The Morgan fingerprint density at radius 2 is 1.87 bits per heavy atom. The molecule has 84 valence electrons. The topological polar surface area (TPSA) is 20.2 Å². The van der Waals surface area contributed by atoms with Gasteiger partial charge in [-0.05, 0) is 55.4 Å². The molecule has 3 atom stereocenters. The average molecular weight is 206 g/mol. The van der Waals surface area contributed by atoms with Crippen molar-refractivity contribution < 1.29 is 5.11 Å². The van der Waals surface area contributed by atoms with Crippen LogP contribution in [0.25, 0.3) is 0 Å². The van der Waals surface area contributed by atoms with Gasteiger partial charge in [-0.15, -0.1) is 0 Å². The van der Waals surface area contributed by atoms with Crippen molar-refractivity contribution in [3.63, 3.8) is 0 Å². The summed E-state index contributed by atoms with van der Waals surface area (Å²) in [6.45, 7) is 0. The second kappa shape index (κ2) is 3.93. The van der Waals surface area contributed by atoms with E-state index in [-0.39, 0.29) is 6.10 Å². The Morgan fingerprint density at radius 1 is 1.07 bits per heavy atom. The Hall–Kier alpha value is -0.300. The third-order valence-electron chi connectivity index (χ3n) is 4.81. The maximum Gasteiger partial charge on any atom is 0.0781 e. The lowest BCUT2D eigenvalue weighted by molar-refractivity contribution is 0.106. The molecule has 3 unspecified atom stereocenters. The predicted octanol–water partition coefficient (Wildman–Crippen LogP) is 3.28. The highest BCUT2D eigenvalue weighted by molar-refractivity contribution is 5.23. The fourth-order valence-electron chi connectivity index (χ4n) is 3.94. The molecule has 3 aliphatic carbocycles. The first-order chi connectivity index (χ1) is 7.34. The lowest BCUT2D eigenvalue weighted by Crippen LogP contribution is -2.27. The summed E-state index contributed by atoms with van der Waals surface area (Å²) in [5.41, 5.74) is 1.43. The quantitative estimate of drug-likeness (QED) is 0.687. The smallest absolute Gasteiger partial charge is 0.0781 e. The van der Waals surface area contributed by atoms with Crippen molar-refractivity contribution in [3.05, 3.63) is 11.6 Å². The summed E-state index contributed by atoms with van der Waals surface area (Å²) in [6, 6.07) is 0. The molecule has 0 heterocycles. The van der Waals surface area contributed by atoms with Gasteiger partial charge in [0.2, 0.25) is 0 Å². The molecule has 15 heavy (non-hydrogen) atoms. The largest absolute Gasteiger partial charge is 0.388 e.